The first-order valence-corrected chi connectivity index (χ1v) is 6.92. The molecule has 0 aromatic rings. The summed E-state index contributed by atoms with van der Waals surface area (Å²) in [4.78, 5) is 16.2. The van der Waals surface area contributed by atoms with E-state index in [2.05, 4.69) is 24.1 Å². The highest BCUT2D eigenvalue weighted by molar-refractivity contribution is 5.74. The molecule has 1 rings (SSSR count). The third-order valence-corrected chi connectivity index (χ3v) is 3.68. The van der Waals surface area contributed by atoms with Crippen molar-refractivity contribution in [1.82, 2.24) is 15.1 Å². The fourth-order valence-corrected chi connectivity index (χ4v) is 2.29. The van der Waals surface area contributed by atoms with Crippen LogP contribution in [0.25, 0.3) is 0 Å². The lowest BCUT2D eigenvalue weighted by molar-refractivity contribution is 0.138. The molecule has 100 valence electrons. The third kappa shape index (κ3) is 4.54. The second-order valence-corrected chi connectivity index (χ2v) is 4.86. The molecule has 0 aliphatic carbocycles. The lowest BCUT2D eigenvalue weighted by Gasteiger charge is -2.36. The van der Waals surface area contributed by atoms with E-state index >= 15 is 0 Å². The molecule has 0 spiro atoms. The van der Waals surface area contributed by atoms with Crippen LogP contribution in [0.5, 0.6) is 0 Å². The minimum atomic E-state index is 0.0911. The number of amides is 2. The van der Waals surface area contributed by atoms with Crippen LogP contribution in [0.1, 0.15) is 39.5 Å². The van der Waals surface area contributed by atoms with Gasteiger partial charge in [-0.2, -0.15) is 0 Å². The smallest absolute Gasteiger partial charge is 0.317 e. The predicted molar refractivity (Wildman–Crippen MR) is 71.2 cm³/mol. The normalized spacial score (nSPS) is 18.1. The Morgan fingerprint density at radius 1 is 1.35 bits per heavy atom. The number of carbonyl (C=O) groups excluding carboxylic acids is 1. The molecule has 1 heterocycles. The number of unbranched alkanes of at least 4 members (excludes halogenated alkanes) is 1. The van der Waals surface area contributed by atoms with Gasteiger partial charge in [0.05, 0.1) is 0 Å². The van der Waals surface area contributed by atoms with E-state index in [-0.39, 0.29) is 6.03 Å². The molecule has 2 amide bonds. The first-order valence-electron chi connectivity index (χ1n) is 6.92. The highest BCUT2D eigenvalue weighted by atomic mass is 16.2. The number of nitrogens with zero attached hydrogens (tertiary/aromatic N) is 2. The maximum Gasteiger partial charge on any atom is 0.317 e. The summed E-state index contributed by atoms with van der Waals surface area (Å²) in [7, 11) is 1.92. The number of rotatable bonds is 5. The molecule has 0 aromatic heterocycles. The average Bonchev–Trinajstić information content (AvgIpc) is 2.38. The van der Waals surface area contributed by atoms with Crippen molar-refractivity contribution < 1.29 is 4.79 Å². The van der Waals surface area contributed by atoms with Gasteiger partial charge in [-0.1, -0.05) is 20.3 Å². The van der Waals surface area contributed by atoms with Gasteiger partial charge in [-0.15, -0.1) is 0 Å². The van der Waals surface area contributed by atoms with Crippen molar-refractivity contribution >= 4 is 6.03 Å². The Morgan fingerprint density at radius 3 is 2.53 bits per heavy atom. The van der Waals surface area contributed by atoms with Gasteiger partial charge in [-0.3, -0.25) is 0 Å². The molecule has 0 unspecified atom stereocenters. The molecule has 1 aliphatic heterocycles. The van der Waals surface area contributed by atoms with E-state index in [9.17, 15) is 4.79 Å². The van der Waals surface area contributed by atoms with Crippen LogP contribution < -0.4 is 5.32 Å². The quantitative estimate of drug-likeness (QED) is 0.746. The highest BCUT2D eigenvalue weighted by Gasteiger charge is 2.24. The van der Waals surface area contributed by atoms with Crippen LogP contribution in [0.15, 0.2) is 0 Å². The SMILES string of the molecule is CCCCNC(=O)N(C)C1CCN(CC)CC1. The zero-order valence-electron chi connectivity index (χ0n) is 11.5. The van der Waals surface area contributed by atoms with E-state index in [1.165, 1.54) is 0 Å². The number of piperidine rings is 1. The van der Waals surface area contributed by atoms with Gasteiger partial charge in [-0.05, 0) is 25.8 Å². The van der Waals surface area contributed by atoms with Crippen molar-refractivity contribution in [3.63, 3.8) is 0 Å². The Labute approximate surface area is 105 Å². The van der Waals surface area contributed by atoms with Crippen LogP contribution in [-0.2, 0) is 0 Å². The summed E-state index contributed by atoms with van der Waals surface area (Å²) in [5.41, 5.74) is 0. The van der Waals surface area contributed by atoms with Gasteiger partial charge < -0.3 is 15.1 Å². The molecule has 0 radical (unpaired) electrons. The van der Waals surface area contributed by atoms with E-state index in [0.717, 1.165) is 51.9 Å². The molecular weight excluding hydrogens is 214 g/mol. The first-order chi connectivity index (χ1) is 8.19. The van der Waals surface area contributed by atoms with Crippen molar-refractivity contribution in [2.75, 3.05) is 33.2 Å². The largest absolute Gasteiger partial charge is 0.338 e. The molecule has 0 aromatic carbocycles. The Morgan fingerprint density at radius 2 is 2.00 bits per heavy atom. The second kappa shape index (κ2) is 7.54. The summed E-state index contributed by atoms with van der Waals surface area (Å²) < 4.78 is 0. The fourth-order valence-electron chi connectivity index (χ4n) is 2.29. The molecule has 1 N–H and O–H groups in total. The third-order valence-electron chi connectivity index (χ3n) is 3.68. The highest BCUT2D eigenvalue weighted by Crippen LogP contribution is 2.14. The van der Waals surface area contributed by atoms with Crippen molar-refractivity contribution in [2.24, 2.45) is 0 Å². The summed E-state index contributed by atoms with van der Waals surface area (Å²) in [6.45, 7) is 8.49. The van der Waals surface area contributed by atoms with Crippen LogP contribution in [0.4, 0.5) is 4.79 Å². The molecule has 0 saturated carbocycles. The minimum Gasteiger partial charge on any atom is -0.338 e. The summed E-state index contributed by atoms with van der Waals surface area (Å²) in [6.07, 6.45) is 4.39. The van der Waals surface area contributed by atoms with Gasteiger partial charge in [0.2, 0.25) is 0 Å². The molecule has 4 nitrogen and oxygen atoms in total. The zero-order valence-corrected chi connectivity index (χ0v) is 11.5. The van der Waals surface area contributed by atoms with E-state index in [1.54, 1.807) is 0 Å². The Kier molecular flexibility index (Phi) is 6.34. The Balaban J connectivity index is 2.27. The molecule has 17 heavy (non-hydrogen) atoms. The molecular formula is C13H27N3O. The maximum atomic E-state index is 11.9. The van der Waals surface area contributed by atoms with Crippen LogP contribution in [-0.4, -0.2) is 55.1 Å². The van der Waals surface area contributed by atoms with E-state index in [0.29, 0.717) is 6.04 Å². The molecule has 0 bridgehead atoms. The van der Waals surface area contributed by atoms with Crippen molar-refractivity contribution in [3.8, 4) is 0 Å². The van der Waals surface area contributed by atoms with Gasteiger partial charge in [0.15, 0.2) is 0 Å². The van der Waals surface area contributed by atoms with Gasteiger partial charge in [-0.25, -0.2) is 4.79 Å². The van der Waals surface area contributed by atoms with Crippen molar-refractivity contribution in [2.45, 2.75) is 45.6 Å². The monoisotopic (exact) mass is 241 g/mol. The second-order valence-electron chi connectivity index (χ2n) is 4.86. The van der Waals surface area contributed by atoms with Crippen LogP contribution >= 0.6 is 0 Å². The lowest BCUT2D eigenvalue weighted by atomic mass is 10.0. The predicted octanol–water partition coefficient (Wildman–Crippen LogP) is 1.91. The minimum absolute atomic E-state index is 0.0911. The van der Waals surface area contributed by atoms with Gasteiger partial charge in [0, 0.05) is 32.7 Å². The standard InChI is InChI=1S/C13H27N3O/c1-4-6-9-14-13(17)15(3)12-7-10-16(5-2)11-8-12/h12H,4-11H2,1-3H3,(H,14,17). The summed E-state index contributed by atoms with van der Waals surface area (Å²) in [5.74, 6) is 0. The topological polar surface area (TPSA) is 35.6 Å². The summed E-state index contributed by atoms with van der Waals surface area (Å²) in [6, 6.07) is 0.507. The van der Waals surface area contributed by atoms with Crippen LogP contribution in [0, 0.1) is 0 Å². The Hall–Kier alpha value is -0.770. The first kappa shape index (κ1) is 14.3. The van der Waals surface area contributed by atoms with Crippen molar-refractivity contribution in [1.29, 1.82) is 0 Å². The van der Waals surface area contributed by atoms with Gasteiger partial charge in [0.1, 0.15) is 0 Å². The average molecular weight is 241 g/mol. The van der Waals surface area contributed by atoms with E-state index < -0.39 is 0 Å². The molecule has 4 heteroatoms. The van der Waals surface area contributed by atoms with Gasteiger partial charge >= 0.3 is 6.03 Å². The van der Waals surface area contributed by atoms with Crippen molar-refractivity contribution in [3.05, 3.63) is 0 Å². The summed E-state index contributed by atoms with van der Waals surface area (Å²) >= 11 is 0. The summed E-state index contributed by atoms with van der Waals surface area (Å²) in [5, 5.41) is 2.98. The molecule has 1 saturated heterocycles. The fraction of sp³-hybridized carbons (Fsp3) is 0.923. The number of urea groups is 1. The number of hydrogen-bond donors (Lipinski definition) is 1. The zero-order chi connectivity index (χ0) is 12.7. The number of carbonyl (C=O) groups is 1. The molecule has 1 fully saturated rings. The van der Waals surface area contributed by atoms with E-state index in [1.807, 2.05) is 11.9 Å². The number of likely N-dealkylation sites (tertiary alicyclic amines) is 1. The molecule has 0 atom stereocenters. The maximum absolute atomic E-state index is 11.9. The van der Waals surface area contributed by atoms with Gasteiger partial charge in [0.25, 0.3) is 0 Å². The number of hydrogen-bond acceptors (Lipinski definition) is 2. The van der Waals surface area contributed by atoms with Crippen LogP contribution in [0.3, 0.4) is 0 Å². The molecule has 1 aliphatic rings. The van der Waals surface area contributed by atoms with Crippen LogP contribution in [0.2, 0.25) is 0 Å². The Bertz CT molecular complexity index is 225. The van der Waals surface area contributed by atoms with E-state index in [4.69, 9.17) is 0 Å². The lowest BCUT2D eigenvalue weighted by Crippen LogP contribution is -2.48. The number of nitrogens with one attached hydrogen (secondary N) is 1.